The van der Waals surface area contributed by atoms with E-state index >= 15 is 4.39 Å². The second-order valence-electron chi connectivity index (χ2n) is 11.6. The van der Waals surface area contributed by atoms with Gasteiger partial charge in [-0.3, -0.25) is 9.88 Å². The van der Waals surface area contributed by atoms with Gasteiger partial charge in [0, 0.05) is 18.4 Å². The molecular formula is C35H35FN4O3. The summed E-state index contributed by atoms with van der Waals surface area (Å²) in [5, 5.41) is 11.8. The third kappa shape index (κ3) is 5.30. The topological polar surface area (TPSA) is 80.6 Å². The first-order valence-electron chi connectivity index (χ1n) is 15.2. The van der Waals surface area contributed by atoms with E-state index in [1.165, 1.54) is 0 Å². The molecule has 2 aromatic heterocycles. The third-order valence-corrected chi connectivity index (χ3v) is 8.98. The van der Waals surface area contributed by atoms with Crippen molar-refractivity contribution < 1.29 is 19.0 Å². The predicted molar refractivity (Wildman–Crippen MR) is 165 cm³/mol. The molecule has 43 heavy (non-hydrogen) atoms. The molecule has 1 N–H and O–H groups in total. The fourth-order valence-electron chi connectivity index (χ4n) is 6.85. The van der Waals surface area contributed by atoms with Gasteiger partial charge in [0.25, 0.3) is 0 Å². The van der Waals surface area contributed by atoms with Gasteiger partial charge in [0.15, 0.2) is 5.82 Å². The number of ether oxygens (including phenoxy) is 2. The van der Waals surface area contributed by atoms with E-state index in [2.05, 4.69) is 19.9 Å². The van der Waals surface area contributed by atoms with Crippen LogP contribution in [0.3, 0.4) is 0 Å². The van der Waals surface area contributed by atoms with E-state index in [4.69, 9.17) is 9.47 Å². The molecule has 7 nitrogen and oxygen atoms in total. The number of aromatic nitrogens is 3. The second-order valence-corrected chi connectivity index (χ2v) is 11.6. The molecule has 3 aromatic carbocycles. The highest BCUT2D eigenvalue weighted by Gasteiger charge is 2.45. The minimum Gasteiger partial charge on any atom is -0.472 e. The number of aliphatic hydroxyl groups excluding tert-OH is 1. The first-order valence-corrected chi connectivity index (χ1v) is 15.2. The number of aryl methyl sites for hydroxylation is 1. The Bertz CT molecular complexity index is 1750. The summed E-state index contributed by atoms with van der Waals surface area (Å²) in [6.07, 6.45) is 7.37. The molecule has 8 heteroatoms. The summed E-state index contributed by atoms with van der Waals surface area (Å²) in [4.78, 5) is 16.4. The Morgan fingerprint density at radius 3 is 2.49 bits per heavy atom. The molecule has 0 unspecified atom stereocenters. The van der Waals surface area contributed by atoms with Crippen molar-refractivity contribution in [2.45, 2.75) is 50.7 Å². The van der Waals surface area contributed by atoms with Gasteiger partial charge in [-0.2, -0.15) is 9.97 Å². The molecule has 0 atom stereocenters. The van der Waals surface area contributed by atoms with Gasteiger partial charge < -0.3 is 14.6 Å². The number of benzene rings is 3. The van der Waals surface area contributed by atoms with E-state index in [1.807, 2.05) is 66.7 Å². The number of pyridine rings is 1. The Labute approximate surface area is 250 Å². The molecular weight excluding hydrogens is 543 g/mol. The maximum absolute atomic E-state index is 16.6. The van der Waals surface area contributed by atoms with Crippen molar-refractivity contribution in [1.29, 1.82) is 0 Å². The highest BCUT2D eigenvalue weighted by molar-refractivity contribution is 6.00. The molecule has 0 bridgehead atoms. The quantitative estimate of drug-likeness (QED) is 0.203. The third-order valence-electron chi connectivity index (χ3n) is 8.98. The second kappa shape index (κ2) is 11.9. The van der Waals surface area contributed by atoms with Crippen LogP contribution >= 0.6 is 0 Å². The van der Waals surface area contributed by atoms with E-state index in [9.17, 15) is 5.11 Å². The monoisotopic (exact) mass is 578 g/mol. The summed E-state index contributed by atoms with van der Waals surface area (Å²) in [6.45, 7) is 3.00. The molecule has 4 heterocycles. The zero-order chi connectivity index (χ0) is 29.2. The summed E-state index contributed by atoms with van der Waals surface area (Å²) in [5.74, 6) is -0.296. The van der Waals surface area contributed by atoms with Crippen LogP contribution in [-0.2, 0) is 13.0 Å². The van der Waals surface area contributed by atoms with Gasteiger partial charge in [-0.05, 0) is 73.5 Å². The molecule has 5 aromatic rings. The van der Waals surface area contributed by atoms with Crippen molar-refractivity contribution in [2.75, 3.05) is 26.3 Å². The largest absolute Gasteiger partial charge is 0.472 e. The summed E-state index contributed by atoms with van der Waals surface area (Å²) < 4.78 is 29.1. The van der Waals surface area contributed by atoms with E-state index in [1.54, 1.807) is 6.20 Å². The molecule has 7 rings (SSSR count). The first kappa shape index (κ1) is 27.7. The van der Waals surface area contributed by atoms with Gasteiger partial charge in [-0.25, -0.2) is 4.39 Å². The highest BCUT2D eigenvalue weighted by atomic mass is 19.1. The van der Waals surface area contributed by atoms with Gasteiger partial charge in [-0.1, -0.05) is 66.7 Å². The minimum absolute atomic E-state index is 0.000745. The van der Waals surface area contributed by atoms with Gasteiger partial charge in [-0.15, -0.1) is 0 Å². The Kier molecular flexibility index (Phi) is 7.63. The van der Waals surface area contributed by atoms with Crippen LogP contribution in [0, 0.1) is 5.82 Å². The van der Waals surface area contributed by atoms with E-state index in [0.29, 0.717) is 30.4 Å². The molecule has 0 amide bonds. The van der Waals surface area contributed by atoms with Crippen LogP contribution in [0.5, 0.6) is 11.9 Å². The zero-order valence-electron chi connectivity index (χ0n) is 24.1. The summed E-state index contributed by atoms with van der Waals surface area (Å²) in [6, 6.07) is 21.8. The molecule has 2 fully saturated rings. The van der Waals surface area contributed by atoms with Gasteiger partial charge in [0.05, 0.1) is 10.9 Å². The number of hydrogen-bond acceptors (Lipinski definition) is 7. The summed E-state index contributed by atoms with van der Waals surface area (Å²) >= 11 is 0. The lowest BCUT2D eigenvalue weighted by molar-refractivity contribution is 0.107. The number of nitrogens with zero attached hydrogens (tertiary/aromatic N) is 4. The van der Waals surface area contributed by atoms with Crippen LogP contribution < -0.4 is 9.47 Å². The zero-order valence-corrected chi connectivity index (χ0v) is 24.1. The minimum atomic E-state index is -0.541. The lowest BCUT2D eigenvalue weighted by atomic mass is 9.94. The van der Waals surface area contributed by atoms with Crippen LogP contribution in [0.15, 0.2) is 72.9 Å². The fraction of sp³-hybridized carbons (Fsp3) is 0.343. The predicted octanol–water partition coefficient (Wildman–Crippen LogP) is 6.50. The summed E-state index contributed by atoms with van der Waals surface area (Å²) in [7, 11) is 0. The van der Waals surface area contributed by atoms with Crippen LogP contribution in [0.4, 0.5) is 4.39 Å². The molecule has 0 spiro atoms. The smallest absolute Gasteiger partial charge is 0.320 e. The van der Waals surface area contributed by atoms with Crippen LogP contribution in [0.2, 0.25) is 0 Å². The standard InChI is InChI=1S/C35H35FN4O3/c36-30-31(27-15-5-13-25-11-4-12-26(29(25)27)14-6-20-41)37-21-28-32(30)38-34(39-33(28)42-22-24-9-2-1-3-10-24)43-23-35-16-7-18-40(35)19-8-17-35/h1-5,9-13,15,21,41H,6-8,14,16-20,22-23H2. The Morgan fingerprint density at radius 2 is 1.70 bits per heavy atom. The average Bonchev–Trinajstić information content (AvgIpc) is 3.63. The van der Waals surface area contributed by atoms with Crippen molar-refractivity contribution in [3.05, 3.63) is 89.9 Å². The number of halogens is 1. The number of fused-ring (bicyclic) bond motifs is 3. The number of aliphatic hydroxyl groups is 1. The van der Waals surface area contributed by atoms with Crippen molar-refractivity contribution in [1.82, 2.24) is 19.9 Å². The van der Waals surface area contributed by atoms with Crippen LogP contribution in [0.25, 0.3) is 32.9 Å². The fourth-order valence-corrected chi connectivity index (χ4v) is 6.85. The molecule has 2 aliphatic heterocycles. The summed E-state index contributed by atoms with van der Waals surface area (Å²) in [5.41, 5.74) is 3.03. The molecule has 0 radical (unpaired) electrons. The first-order chi connectivity index (χ1) is 21.1. The van der Waals surface area contributed by atoms with Gasteiger partial charge >= 0.3 is 6.01 Å². The van der Waals surface area contributed by atoms with Crippen molar-refractivity contribution in [3.63, 3.8) is 0 Å². The van der Waals surface area contributed by atoms with E-state index < -0.39 is 5.82 Å². The lowest BCUT2D eigenvalue weighted by Crippen LogP contribution is -2.43. The molecule has 2 aliphatic rings. The normalized spacial score (nSPS) is 16.1. The lowest BCUT2D eigenvalue weighted by Gasteiger charge is -2.31. The molecule has 0 saturated carbocycles. The molecule has 220 valence electrons. The SMILES string of the molecule is OCCCc1cccc2cccc(-c3ncc4c(OCc5ccccc5)nc(OCC56CCCN5CCC6)nc4c3F)c12. The van der Waals surface area contributed by atoms with Crippen molar-refractivity contribution in [3.8, 4) is 23.1 Å². The Morgan fingerprint density at radius 1 is 0.907 bits per heavy atom. The van der Waals surface area contributed by atoms with E-state index in [-0.39, 0.29) is 41.9 Å². The van der Waals surface area contributed by atoms with E-state index in [0.717, 1.165) is 60.7 Å². The molecule has 0 aliphatic carbocycles. The van der Waals surface area contributed by atoms with Gasteiger partial charge in [0.1, 0.15) is 24.4 Å². The Hall–Kier alpha value is -4.14. The maximum Gasteiger partial charge on any atom is 0.320 e. The van der Waals surface area contributed by atoms with Crippen molar-refractivity contribution >= 4 is 21.7 Å². The van der Waals surface area contributed by atoms with Crippen LogP contribution in [-0.4, -0.2) is 56.8 Å². The Balaban J connectivity index is 1.31. The average molecular weight is 579 g/mol. The number of rotatable bonds is 10. The van der Waals surface area contributed by atoms with Gasteiger partial charge in [0.2, 0.25) is 5.88 Å². The van der Waals surface area contributed by atoms with Crippen molar-refractivity contribution in [2.24, 2.45) is 0 Å². The number of hydrogen-bond donors (Lipinski definition) is 1. The highest BCUT2D eigenvalue weighted by Crippen LogP contribution is 2.40. The van der Waals surface area contributed by atoms with Crippen LogP contribution in [0.1, 0.15) is 43.2 Å². The maximum atomic E-state index is 16.6. The molecule has 2 saturated heterocycles.